The van der Waals surface area contributed by atoms with Crippen molar-refractivity contribution in [3.63, 3.8) is 0 Å². The van der Waals surface area contributed by atoms with E-state index in [2.05, 4.69) is 22.8 Å². The molecule has 4 rings (SSSR count). The van der Waals surface area contributed by atoms with Crippen molar-refractivity contribution in [1.29, 1.82) is 0 Å². The second kappa shape index (κ2) is 7.36. The third kappa shape index (κ3) is 3.74. The molecule has 4 nitrogen and oxygen atoms in total. The fourth-order valence-electron chi connectivity index (χ4n) is 3.38. The molecule has 1 aliphatic carbocycles. The van der Waals surface area contributed by atoms with E-state index in [4.69, 9.17) is 4.74 Å². The Bertz CT molecular complexity index is 757. The van der Waals surface area contributed by atoms with Crippen LogP contribution in [0.25, 0.3) is 0 Å². The highest BCUT2D eigenvalue weighted by molar-refractivity contribution is 5.95. The van der Waals surface area contributed by atoms with Crippen LogP contribution >= 0.6 is 12.4 Å². The van der Waals surface area contributed by atoms with Crippen LogP contribution in [0.4, 0.5) is 5.69 Å². The molecule has 1 atom stereocenters. The lowest BCUT2D eigenvalue weighted by atomic mass is 10.0. The molecule has 1 unspecified atom stereocenters. The van der Waals surface area contributed by atoms with Crippen molar-refractivity contribution in [3.8, 4) is 5.75 Å². The number of ether oxygens (including phenoxy) is 1. The molecule has 2 N–H and O–H groups in total. The second-order valence-corrected chi connectivity index (χ2v) is 6.61. The Morgan fingerprint density at radius 2 is 1.96 bits per heavy atom. The summed E-state index contributed by atoms with van der Waals surface area (Å²) in [6.45, 7) is 0.955. The van der Waals surface area contributed by atoms with E-state index in [1.54, 1.807) is 7.11 Å². The SMILES string of the molecule is COc1ccc(C(NC(=O)c2ccc3c(c2)CCN3)C2CC2)cc1.Cl. The highest BCUT2D eigenvalue weighted by Gasteiger charge is 2.33. The number of hydrogen-bond acceptors (Lipinski definition) is 3. The van der Waals surface area contributed by atoms with Crippen LogP contribution in [-0.4, -0.2) is 19.6 Å². The molecular formula is C20H23ClN2O2. The summed E-state index contributed by atoms with van der Waals surface area (Å²) in [4.78, 5) is 12.7. The normalized spacial score (nSPS) is 16.2. The number of carbonyl (C=O) groups is 1. The number of fused-ring (bicyclic) bond motifs is 1. The first-order valence-corrected chi connectivity index (χ1v) is 8.56. The van der Waals surface area contributed by atoms with Crippen LogP contribution in [0.1, 0.15) is 40.4 Å². The zero-order valence-corrected chi connectivity index (χ0v) is 15.1. The molecule has 0 spiro atoms. The number of amides is 1. The molecule has 132 valence electrons. The minimum absolute atomic E-state index is 0. The van der Waals surface area contributed by atoms with Crippen LogP contribution < -0.4 is 15.4 Å². The number of halogens is 1. The number of carbonyl (C=O) groups excluding carboxylic acids is 1. The van der Waals surface area contributed by atoms with Gasteiger partial charge in [-0.1, -0.05) is 12.1 Å². The smallest absolute Gasteiger partial charge is 0.251 e. The van der Waals surface area contributed by atoms with Crippen LogP contribution in [0.2, 0.25) is 0 Å². The van der Waals surface area contributed by atoms with Crippen LogP contribution in [0.5, 0.6) is 5.75 Å². The molecule has 2 aromatic rings. The van der Waals surface area contributed by atoms with Crippen LogP contribution in [0.3, 0.4) is 0 Å². The minimum atomic E-state index is 0. The van der Waals surface area contributed by atoms with Crippen molar-refractivity contribution in [2.24, 2.45) is 5.92 Å². The Labute approximate surface area is 154 Å². The molecule has 2 aliphatic rings. The van der Waals surface area contributed by atoms with Crippen molar-refractivity contribution < 1.29 is 9.53 Å². The lowest BCUT2D eigenvalue weighted by Gasteiger charge is -2.19. The number of benzene rings is 2. The van der Waals surface area contributed by atoms with Crippen LogP contribution in [0, 0.1) is 5.92 Å². The maximum atomic E-state index is 12.7. The van der Waals surface area contributed by atoms with E-state index in [0.717, 1.165) is 35.5 Å². The zero-order valence-electron chi connectivity index (χ0n) is 14.2. The lowest BCUT2D eigenvalue weighted by molar-refractivity contribution is 0.0931. The van der Waals surface area contributed by atoms with Crippen LogP contribution in [-0.2, 0) is 6.42 Å². The zero-order chi connectivity index (χ0) is 16.5. The molecule has 1 saturated carbocycles. The maximum Gasteiger partial charge on any atom is 0.251 e. The molecule has 1 fully saturated rings. The summed E-state index contributed by atoms with van der Waals surface area (Å²) >= 11 is 0. The third-order valence-corrected chi connectivity index (χ3v) is 4.93. The molecule has 5 heteroatoms. The van der Waals surface area contributed by atoms with Crippen molar-refractivity contribution in [3.05, 3.63) is 59.2 Å². The van der Waals surface area contributed by atoms with Gasteiger partial charge in [-0.25, -0.2) is 0 Å². The van der Waals surface area contributed by atoms with E-state index in [9.17, 15) is 4.79 Å². The summed E-state index contributed by atoms with van der Waals surface area (Å²) in [6, 6.07) is 14.0. The summed E-state index contributed by atoms with van der Waals surface area (Å²) in [5, 5.41) is 6.57. The first kappa shape index (κ1) is 17.6. The summed E-state index contributed by atoms with van der Waals surface area (Å²) < 4.78 is 5.22. The van der Waals surface area contributed by atoms with Gasteiger partial charge in [-0.2, -0.15) is 0 Å². The predicted molar refractivity (Wildman–Crippen MR) is 102 cm³/mol. The van der Waals surface area contributed by atoms with E-state index < -0.39 is 0 Å². The van der Waals surface area contributed by atoms with Gasteiger partial charge < -0.3 is 15.4 Å². The highest BCUT2D eigenvalue weighted by Crippen LogP contribution is 2.41. The molecule has 25 heavy (non-hydrogen) atoms. The van der Waals surface area contributed by atoms with Gasteiger partial charge in [-0.3, -0.25) is 4.79 Å². The average Bonchev–Trinajstić information content (AvgIpc) is 3.35. The van der Waals surface area contributed by atoms with Gasteiger partial charge in [0.2, 0.25) is 0 Å². The summed E-state index contributed by atoms with van der Waals surface area (Å²) in [5.41, 5.74) is 4.28. The van der Waals surface area contributed by atoms with Gasteiger partial charge in [0.25, 0.3) is 5.91 Å². The Morgan fingerprint density at radius 3 is 2.64 bits per heavy atom. The van der Waals surface area contributed by atoms with Crippen molar-refractivity contribution in [1.82, 2.24) is 5.32 Å². The van der Waals surface area contributed by atoms with E-state index in [-0.39, 0.29) is 24.4 Å². The van der Waals surface area contributed by atoms with Gasteiger partial charge in [-0.15, -0.1) is 12.4 Å². The maximum absolute atomic E-state index is 12.7. The van der Waals surface area contributed by atoms with Gasteiger partial charge in [0.15, 0.2) is 0 Å². The molecule has 0 saturated heterocycles. The first-order valence-electron chi connectivity index (χ1n) is 8.56. The molecule has 0 radical (unpaired) electrons. The monoisotopic (exact) mass is 358 g/mol. The van der Waals surface area contributed by atoms with E-state index in [1.165, 1.54) is 18.4 Å². The van der Waals surface area contributed by atoms with Crippen molar-refractivity contribution in [2.75, 3.05) is 19.0 Å². The second-order valence-electron chi connectivity index (χ2n) is 6.61. The van der Waals surface area contributed by atoms with Gasteiger partial charge in [0.1, 0.15) is 5.75 Å². The van der Waals surface area contributed by atoms with Gasteiger partial charge in [-0.05, 0) is 66.6 Å². The van der Waals surface area contributed by atoms with Gasteiger partial charge >= 0.3 is 0 Å². The van der Waals surface area contributed by atoms with Crippen molar-refractivity contribution >= 4 is 24.0 Å². The summed E-state index contributed by atoms with van der Waals surface area (Å²) in [7, 11) is 1.66. The van der Waals surface area contributed by atoms with Gasteiger partial charge in [0.05, 0.1) is 13.2 Å². The average molecular weight is 359 g/mol. The molecule has 0 bridgehead atoms. The minimum Gasteiger partial charge on any atom is -0.497 e. The fraction of sp³-hybridized carbons (Fsp3) is 0.350. The Kier molecular flexibility index (Phi) is 5.19. The largest absolute Gasteiger partial charge is 0.497 e. The molecule has 2 aromatic carbocycles. The first-order chi connectivity index (χ1) is 11.7. The molecule has 1 amide bonds. The molecular weight excluding hydrogens is 336 g/mol. The topological polar surface area (TPSA) is 50.4 Å². The number of nitrogens with one attached hydrogen (secondary N) is 2. The predicted octanol–water partition coefficient (Wildman–Crippen LogP) is 3.97. The highest BCUT2D eigenvalue weighted by atomic mass is 35.5. The summed E-state index contributed by atoms with van der Waals surface area (Å²) in [5.74, 6) is 1.39. The number of rotatable bonds is 5. The van der Waals surface area contributed by atoms with E-state index in [0.29, 0.717) is 5.92 Å². The van der Waals surface area contributed by atoms with Crippen LogP contribution in [0.15, 0.2) is 42.5 Å². The number of methoxy groups -OCH3 is 1. The van der Waals surface area contributed by atoms with Gasteiger partial charge in [0, 0.05) is 17.8 Å². The fourth-order valence-corrected chi connectivity index (χ4v) is 3.38. The summed E-state index contributed by atoms with van der Waals surface area (Å²) in [6.07, 6.45) is 3.33. The quantitative estimate of drug-likeness (QED) is 0.850. The van der Waals surface area contributed by atoms with E-state index >= 15 is 0 Å². The lowest BCUT2D eigenvalue weighted by Crippen LogP contribution is -2.29. The Morgan fingerprint density at radius 1 is 1.20 bits per heavy atom. The van der Waals surface area contributed by atoms with E-state index in [1.807, 2.05) is 30.3 Å². The molecule has 0 aromatic heterocycles. The molecule has 1 heterocycles. The standard InChI is InChI=1S/C20H22N2O2.ClH/c1-24-17-7-4-14(5-8-17)19(13-2-3-13)22-20(23)16-6-9-18-15(12-16)10-11-21-18;/h4-9,12-13,19,21H,2-3,10-11H2,1H3,(H,22,23);1H. The van der Waals surface area contributed by atoms with Crippen molar-refractivity contribution in [2.45, 2.75) is 25.3 Å². The number of anilines is 1. The Hall–Kier alpha value is -2.20. The number of hydrogen-bond donors (Lipinski definition) is 2. The Balaban J connectivity index is 0.00000182. The molecule has 1 aliphatic heterocycles. The third-order valence-electron chi connectivity index (χ3n) is 4.93.